The van der Waals surface area contributed by atoms with E-state index in [4.69, 9.17) is 27.9 Å². The predicted molar refractivity (Wildman–Crippen MR) is 122 cm³/mol. The molecule has 9 heteroatoms. The monoisotopic (exact) mass is 492 g/mol. The minimum absolute atomic E-state index is 0.101. The summed E-state index contributed by atoms with van der Waals surface area (Å²) in [6.45, 7) is 1.91. The maximum Gasteiger partial charge on any atom is 0.417 e. The van der Waals surface area contributed by atoms with E-state index in [0.717, 1.165) is 23.4 Å². The summed E-state index contributed by atoms with van der Waals surface area (Å²) in [6.07, 6.45) is -4.66. The largest absolute Gasteiger partial charge is 0.506 e. The third-order valence-corrected chi connectivity index (χ3v) is 5.57. The lowest BCUT2D eigenvalue weighted by Gasteiger charge is -2.17. The lowest BCUT2D eigenvalue weighted by molar-refractivity contribution is -0.137. The molecule has 2 N–H and O–H groups in total. The molecule has 0 aliphatic rings. The Bertz CT molecular complexity index is 1300. The first kappa shape index (κ1) is 23.0. The molecule has 0 aliphatic carbocycles. The second kappa shape index (κ2) is 9.00. The van der Waals surface area contributed by atoms with Crippen LogP contribution in [0.2, 0.25) is 10.0 Å². The number of ether oxygens (including phenoxy) is 1. The number of phenolic OH excluding ortho intramolecular Hbond substituents is 1. The molecule has 170 valence electrons. The SMILES string of the molecule is Cc1cc(-c2ccc(OCc3ccc(Cl)cc3)c(-c3ccc(Cl)c(C(F)(F)F)c3)c2O)n[nH]1. The van der Waals surface area contributed by atoms with Crippen LogP contribution >= 0.6 is 23.2 Å². The van der Waals surface area contributed by atoms with Crippen LogP contribution in [0, 0.1) is 6.92 Å². The van der Waals surface area contributed by atoms with Crippen LogP contribution in [-0.4, -0.2) is 15.3 Å². The van der Waals surface area contributed by atoms with Gasteiger partial charge in [-0.2, -0.15) is 18.3 Å². The Hall–Kier alpha value is -3.16. The van der Waals surface area contributed by atoms with Crippen LogP contribution in [0.3, 0.4) is 0 Å². The Balaban J connectivity index is 1.83. The fraction of sp³-hybridized carbons (Fsp3) is 0.125. The third kappa shape index (κ3) is 4.94. The topological polar surface area (TPSA) is 58.1 Å². The van der Waals surface area contributed by atoms with Gasteiger partial charge in [-0.15, -0.1) is 0 Å². The van der Waals surface area contributed by atoms with Gasteiger partial charge in [0.1, 0.15) is 18.1 Å². The standard InChI is InChI=1S/C24H17Cl2F3N2O2/c1-13-10-20(31-30-13)17-7-9-21(33-12-14-2-5-16(25)6-3-14)22(23(17)32)15-4-8-19(26)18(11-15)24(27,28)29/h2-11,32H,12H2,1H3,(H,30,31). The molecule has 0 radical (unpaired) electrons. The highest BCUT2D eigenvalue weighted by molar-refractivity contribution is 6.31. The quantitative estimate of drug-likeness (QED) is 0.300. The zero-order valence-electron chi connectivity index (χ0n) is 17.2. The van der Waals surface area contributed by atoms with E-state index >= 15 is 0 Å². The molecule has 0 bridgehead atoms. The molecule has 4 rings (SSSR count). The zero-order chi connectivity index (χ0) is 23.8. The van der Waals surface area contributed by atoms with E-state index < -0.39 is 16.8 Å². The minimum Gasteiger partial charge on any atom is -0.506 e. The number of aromatic nitrogens is 2. The lowest BCUT2D eigenvalue weighted by Crippen LogP contribution is -2.06. The van der Waals surface area contributed by atoms with Gasteiger partial charge < -0.3 is 9.84 Å². The van der Waals surface area contributed by atoms with Gasteiger partial charge in [0.15, 0.2) is 0 Å². The summed E-state index contributed by atoms with van der Waals surface area (Å²) >= 11 is 11.7. The molecular formula is C24H17Cl2F3N2O2. The number of benzene rings is 3. The summed E-state index contributed by atoms with van der Waals surface area (Å²) in [5.74, 6) is -0.0561. The van der Waals surface area contributed by atoms with Gasteiger partial charge in [0, 0.05) is 16.3 Å². The van der Waals surface area contributed by atoms with Crippen molar-refractivity contribution in [3.8, 4) is 33.9 Å². The van der Waals surface area contributed by atoms with Gasteiger partial charge in [-0.05, 0) is 60.5 Å². The maximum absolute atomic E-state index is 13.5. The normalized spacial score (nSPS) is 11.6. The van der Waals surface area contributed by atoms with E-state index in [1.54, 1.807) is 49.4 Å². The Labute approximate surface area is 197 Å². The maximum atomic E-state index is 13.5. The van der Waals surface area contributed by atoms with Crippen LogP contribution in [-0.2, 0) is 12.8 Å². The number of alkyl halides is 3. The highest BCUT2D eigenvalue weighted by atomic mass is 35.5. The highest BCUT2D eigenvalue weighted by Crippen LogP contribution is 2.46. The van der Waals surface area contributed by atoms with E-state index in [0.29, 0.717) is 16.3 Å². The smallest absolute Gasteiger partial charge is 0.417 e. The van der Waals surface area contributed by atoms with Crippen molar-refractivity contribution in [2.45, 2.75) is 19.7 Å². The summed E-state index contributed by atoms with van der Waals surface area (Å²) in [5, 5.41) is 18.2. The Morgan fingerprint density at radius 3 is 2.36 bits per heavy atom. The number of hydrogen-bond donors (Lipinski definition) is 2. The number of rotatable bonds is 5. The van der Waals surface area contributed by atoms with Crippen LogP contribution < -0.4 is 4.74 Å². The molecule has 0 fully saturated rings. The Morgan fingerprint density at radius 1 is 1.00 bits per heavy atom. The van der Waals surface area contributed by atoms with Crippen LogP contribution in [0.1, 0.15) is 16.8 Å². The number of nitrogens with one attached hydrogen (secondary N) is 1. The van der Waals surface area contributed by atoms with Crippen molar-refractivity contribution in [2.75, 3.05) is 0 Å². The number of aromatic hydroxyl groups is 1. The van der Waals surface area contributed by atoms with Gasteiger partial charge in [0.25, 0.3) is 0 Å². The van der Waals surface area contributed by atoms with Crippen molar-refractivity contribution < 1.29 is 23.0 Å². The summed E-state index contributed by atoms with van der Waals surface area (Å²) in [4.78, 5) is 0. The van der Waals surface area contributed by atoms with Crippen LogP contribution in [0.15, 0.2) is 60.7 Å². The molecule has 3 aromatic carbocycles. The first-order valence-electron chi connectivity index (χ1n) is 9.76. The molecule has 4 nitrogen and oxygen atoms in total. The predicted octanol–water partition coefficient (Wildman–Crippen LogP) is 7.66. The van der Waals surface area contributed by atoms with Crippen LogP contribution in [0.5, 0.6) is 11.5 Å². The first-order valence-corrected chi connectivity index (χ1v) is 10.5. The number of aryl methyl sites for hydroxylation is 1. The minimum atomic E-state index is -4.66. The van der Waals surface area contributed by atoms with Gasteiger partial charge in [0.2, 0.25) is 0 Å². The van der Waals surface area contributed by atoms with Gasteiger partial charge in [-0.1, -0.05) is 41.4 Å². The van der Waals surface area contributed by atoms with Gasteiger partial charge >= 0.3 is 6.18 Å². The second-order valence-electron chi connectivity index (χ2n) is 7.38. The van der Waals surface area contributed by atoms with E-state index in [2.05, 4.69) is 10.2 Å². The molecule has 0 aliphatic heterocycles. The zero-order valence-corrected chi connectivity index (χ0v) is 18.7. The summed E-state index contributed by atoms with van der Waals surface area (Å²) in [7, 11) is 0. The molecule has 0 amide bonds. The van der Waals surface area contributed by atoms with Crippen molar-refractivity contribution >= 4 is 23.2 Å². The number of halogens is 5. The number of H-pyrrole nitrogens is 1. The molecule has 0 saturated carbocycles. The Kier molecular flexibility index (Phi) is 6.28. The van der Waals surface area contributed by atoms with Crippen molar-refractivity contribution in [3.05, 3.63) is 87.5 Å². The fourth-order valence-corrected chi connectivity index (χ4v) is 3.73. The third-order valence-electron chi connectivity index (χ3n) is 4.99. The van der Waals surface area contributed by atoms with E-state index in [-0.39, 0.29) is 29.2 Å². The van der Waals surface area contributed by atoms with Gasteiger partial charge in [-0.25, -0.2) is 0 Å². The average Bonchev–Trinajstić information content (AvgIpc) is 3.19. The molecule has 0 atom stereocenters. The van der Waals surface area contributed by atoms with Crippen molar-refractivity contribution in [3.63, 3.8) is 0 Å². The summed E-state index contributed by atoms with van der Waals surface area (Å²) in [6, 6.07) is 15.3. The van der Waals surface area contributed by atoms with Crippen molar-refractivity contribution in [1.29, 1.82) is 0 Å². The van der Waals surface area contributed by atoms with Crippen molar-refractivity contribution in [1.82, 2.24) is 10.2 Å². The number of aromatic amines is 1. The summed E-state index contributed by atoms with van der Waals surface area (Å²) in [5.41, 5.74) is 1.54. The molecule has 33 heavy (non-hydrogen) atoms. The molecule has 0 saturated heterocycles. The van der Waals surface area contributed by atoms with E-state index in [1.807, 2.05) is 0 Å². The van der Waals surface area contributed by atoms with E-state index in [1.165, 1.54) is 6.07 Å². The summed E-state index contributed by atoms with van der Waals surface area (Å²) < 4.78 is 46.4. The molecule has 4 aromatic rings. The molecular weight excluding hydrogens is 476 g/mol. The Morgan fingerprint density at radius 2 is 1.73 bits per heavy atom. The number of hydrogen-bond acceptors (Lipinski definition) is 3. The van der Waals surface area contributed by atoms with Crippen LogP contribution in [0.4, 0.5) is 13.2 Å². The molecule has 0 spiro atoms. The van der Waals surface area contributed by atoms with Crippen molar-refractivity contribution in [2.24, 2.45) is 0 Å². The van der Waals surface area contributed by atoms with Gasteiger partial charge in [0.05, 0.1) is 21.8 Å². The fourth-order valence-electron chi connectivity index (χ4n) is 3.37. The first-order chi connectivity index (χ1) is 15.6. The highest BCUT2D eigenvalue weighted by Gasteiger charge is 2.34. The molecule has 1 aromatic heterocycles. The van der Waals surface area contributed by atoms with Crippen LogP contribution in [0.25, 0.3) is 22.4 Å². The lowest BCUT2D eigenvalue weighted by atomic mass is 9.97. The molecule has 0 unspecified atom stereocenters. The number of nitrogens with zero attached hydrogens (tertiary/aromatic N) is 1. The average molecular weight is 493 g/mol. The van der Waals surface area contributed by atoms with E-state index in [9.17, 15) is 18.3 Å². The van der Waals surface area contributed by atoms with Gasteiger partial charge in [-0.3, -0.25) is 5.10 Å². The molecule has 1 heterocycles. The second-order valence-corrected chi connectivity index (χ2v) is 8.22. The number of phenols is 1.